The number of halogens is 1. The molecule has 0 unspecified atom stereocenters. The maximum absolute atomic E-state index is 12.2. The van der Waals surface area contributed by atoms with E-state index in [2.05, 4.69) is 15.6 Å². The highest BCUT2D eigenvalue weighted by Gasteiger charge is 2.10. The summed E-state index contributed by atoms with van der Waals surface area (Å²) >= 11 is 7.25. The fourth-order valence-electron chi connectivity index (χ4n) is 2.33. The smallest absolute Gasteiger partial charge is 0.270 e. The molecular formula is C20H20ClN3O2S. The number of amides is 1. The summed E-state index contributed by atoms with van der Waals surface area (Å²) in [7, 11) is 0. The molecule has 0 aliphatic heterocycles. The minimum Gasteiger partial charge on any atom is -0.486 e. The minimum atomic E-state index is -0.163. The van der Waals surface area contributed by atoms with Crippen molar-refractivity contribution in [3.05, 3.63) is 75.7 Å². The lowest BCUT2D eigenvalue weighted by Crippen LogP contribution is -2.26. The molecule has 3 aromatic rings. The molecule has 0 radical (unpaired) electrons. The van der Waals surface area contributed by atoms with Gasteiger partial charge in [-0.15, -0.1) is 11.3 Å². The number of anilines is 1. The second-order valence-electron chi connectivity index (χ2n) is 5.77. The molecule has 0 bridgehead atoms. The molecule has 0 saturated heterocycles. The average molecular weight is 402 g/mol. The van der Waals surface area contributed by atoms with E-state index in [0.29, 0.717) is 29.6 Å². The summed E-state index contributed by atoms with van der Waals surface area (Å²) < 4.78 is 5.64. The first-order chi connectivity index (χ1) is 13.2. The van der Waals surface area contributed by atoms with Gasteiger partial charge in [-0.25, -0.2) is 4.98 Å². The Morgan fingerprint density at radius 1 is 1.07 bits per heavy atom. The van der Waals surface area contributed by atoms with Crippen molar-refractivity contribution in [3.63, 3.8) is 0 Å². The molecule has 0 atom stereocenters. The largest absolute Gasteiger partial charge is 0.486 e. The van der Waals surface area contributed by atoms with E-state index in [-0.39, 0.29) is 5.91 Å². The fourth-order valence-corrected chi connectivity index (χ4v) is 3.14. The fraction of sp³-hybridized carbons (Fsp3) is 0.200. The number of hydrogen-bond acceptors (Lipinski definition) is 5. The summed E-state index contributed by atoms with van der Waals surface area (Å²) in [5, 5.41) is 9.36. The van der Waals surface area contributed by atoms with E-state index in [1.807, 2.05) is 30.3 Å². The maximum Gasteiger partial charge on any atom is 0.270 e. The molecule has 2 N–H and O–H groups in total. The van der Waals surface area contributed by atoms with Crippen molar-refractivity contribution < 1.29 is 9.53 Å². The Kier molecular flexibility index (Phi) is 7.07. The van der Waals surface area contributed by atoms with Gasteiger partial charge >= 0.3 is 0 Å². The molecule has 2 aromatic carbocycles. The molecule has 3 rings (SSSR count). The van der Waals surface area contributed by atoms with Crippen LogP contribution < -0.4 is 15.4 Å². The number of nitrogens with zero attached hydrogens (tertiary/aromatic N) is 1. The number of para-hydroxylation sites is 1. The summed E-state index contributed by atoms with van der Waals surface area (Å²) in [6.07, 6.45) is 0.831. The first kappa shape index (κ1) is 19.2. The van der Waals surface area contributed by atoms with E-state index in [1.165, 1.54) is 11.3 Å². The minimum absolute atomic E-state index is 0.163. The van der Waals surface area contributed by atoms with Crippen LogP contribution in [0, 0.1) is 0 Å². The molecule has 0 spiro atoms. The van der Waals surface area contributed by atoms with E-state index in [1.54, 1.807) is 29.6 Å². The number of carbonyl (C=O) groups excluding carboxylic acids is 1. The van der Waals surface area contributed by atoms with Crippen LogP contribution in [0.3, 0.4) is 0 Å². The van der Waals surface area contributed by atoms with E-state index < -0.39 is 0 Å². The van der Waals surface area contributed by atoms with Crippen LogP contribution in [0.2, 0.25) is 5.02 Å². The van der Waals surface area contributed by atoms with Gasteiger partial charge in [0.15, 0.2) is 0 Å². The Balaban J connectivity index is 1.37. The Hall–Kier alpha value is -2.57. The van der Waals surface area contributed by atoms with E-state index >= 15 is 0 Å². The third kappa shape index (κ3) is 6.27. The molecular weight excluding hydrogens is 382 g/mol. The van der Waals surface area contributed by atoms with Crippen LogP contribution in [0.5, 0.6) is 5.75 Å². The molecule has 1 heterocycles. The Morgan fingerprint density at radius 2 is 1.85 bits per heavy atom. The van der Waals surface area contributed by atoms with Gasteiger partial charge in [-0.05, 0) is 42.8 Å². The van der Waals surface area contributed by atoms with Crippen LogP contribution in [0.25, 0.3) is 0 Å². The van der Waals surface area contributed by atoms with Gasteiger partial charge in [0.05, 0.1) is 0 Å². The van der Waals surface area contributed by atoms with Crippen molar-refractivity contribution in [2.75, 3.05) is 18.4 Å². The summed E-state index contributed by atoms with van der Waals surface area (Å²) in [5.74, 6) is 0.551. The number of benzene rings is 2. The van der Waals surface area contributed by atoms with E-state index in [4.69, 9.17) is 16.3 Å². The highest BCUT2D eigenvalue weighted by Crippen LogP contribution is 2.18. The topological polar surface area (TPSA) is 63.2 Å². The molecule has 1 amide bonds. The number of rotatable bonds is 9. The third-order valence-corrected chi connectivity index (χ3v) is 4.78. The van der Waals surface area contributed by atoms with Crippen molar-refractivity contribution in [1.29, 1.82) is 0 Å². The lowest BCUT2D eigenvalue weighted by atomic mass is 10.3. The van der Waals surface area contributed by atoms with Crippen LogP contribution in [0.1, 0.15) is 21.9 Å². The molecule has 0 aliphatic rings. The van der Waals surface area contributed by atoms with Crippen molar-refractivity contribution >= 4 is 34.5 Å². The predicted octanol–water partition coefficient (Wildman–Crippen LogP) is 4.61. The molecule has 0 saturated carbocycles. The second-order valence-corrected chi connectivity index (χ2v) is 7.15. The van der Waals surface area contributed by atoms with Crippen molar-refractivity contribution in [1.82, 2.24) is 10.3 Å². The number of nitrogens with one attached hydrogen (secondary N) is 2. The Morgan fingerprint density at radius 3 is 2.63 bits per heavy atom. The van der Waals surface area contributed by atoms with Crippen LogP contribution in [-0.4, -0.2) is 24.0 Å². The molecule has 0 fully saturated rings. The molecule has 5 nitrogen and oxygen atoms in total. The lowest BCUT2D eigenvalue weighted by molar-refractivity contribution is 0.0949. The normalized spacial score (nSPS) is 10.4. The van der Waals surface area contributed by atoms with Crippen LogP contribution in [-0.2, 0) is 6.61 Å². The molecule has 27 heavy (non-hydrogen) atoms. The number of ether oxygens (including phenoxy) is 1. The zero-order valence-corrected chi connectivity index (χ0v) is 16.2. The average Bonchev–Trinajstić information content (AvgIpc) is 3.17. The lowest BCUT2D eigenvalue weighted by Gasteiger charge is -2.06. The number of thiazole rings is 1. The van der Waals surface area contributed by atoms with Crippen LogP contribution in [0.15, 0.2) is 60.0 Å². The van der Waals surface area contributed by atoms with Gasteiger partial charge < -0.3 is 15.4 Å². The number of aromatic nitrogens is 1. The van der Waals surface area contributed by atoms with Gasteiger partial charge in [-0.2, -0.15) is 0 Å². The van der Waals surface area contributed by atoms with Crippen LogP contribution >= 0.6 is 22.9 Å². The Labute approximate surface area is 167 Å². The predicted molar refractivity (Wildman–Crippen MR) is 110 cm³/mol. The summed E-state index contributed by atoms with van der Waals surface area (Å²) in [6, 6.07) is 17.1. The van der Waals surface area contributed by atoms with Gasteiger partial charge in [0.1, 0.15) is 23.1 Å². The summed E-state index contributed by atoms with van der Waals surface area (Å²) in [6.45, 7) is 1.70. The maximum atomic E-state index is 12.2. The molecule has 7 heteroatoms. The zero-order chi connectivity index (χ0) is 18.9. The highest BCUT2D eigenvalue weighted by molar-refractivity contribution is 7.09. The van der Waals surface area contributed by atoms with Gasteiger partial charge in [-0.1, -0.05) is 29.8 Å². The summed E-state index contributed by atoms with van der Waals surface area (Å²) in [5.41, 5.74) is 1.50. The summed E-state index contributed by atoms with van der Waals surface area (Å²) in [4.78, 5) is 16.5. The number of carbonyl (C=O) groups is 1. The SMILES string of the molecule is O=C(NCCCNc1ccccc1)c1csc(COc2ccc(Cl)cc2)n1. The third-order valence-electron chi connectivity index (χ3n) is 3.70. The standard InChI is InChI=1S/C20H20ClN3O2S/c21-15-7-9-17(10-8-15)26-13-19-24-18(14-27-19)20(25)23-12-4-11-22-16-5-2-1-3-6-16/h1-3,5-10,14,22H,4,11-13H2,(H,23,25). The quantitative estimate of drug-likeness (QED) is 0.514. The molecule has 1 aromatic heterocycles. The number of hydrogen-bond donors (Lipinski definition) is 2. The van der Waals surface area contributed by atoms with Gasteiger partial charge in [0, 0.05) is 29.2 Å². The molecule has 0 aliphatic carbocycles. The van der Waals surface area contributed by atoms with Gasteiger partial charge in [-0.3, -0.25) is 4.79 Å². The van der Waals surface area contributed by atoms with Crippen molar-refractivity contribution in [2.45, 2.75) is 13.0 Å². The van der Waals surface area contributed by atoms with Crippen molar-refractivity contribution in [3.8, 4) is 5.75 Å². The van der Waals surface area contributed by atoms with Gasteiger partial charge in [0.25, 0.3) is 5.91 Å². The first-order valence-corrected chi connectivity index (χ1v) is 9.86. The highest BCUT2D eigenvalue weighted by atomic mass is 35.5. The van der Waals surface area contributed by atoms with Gasteiger partial charge in [0.2, 0.25) is 0 Å². The Bertz CT molecular complexity index is 853. The first-order valence-electron chi connectivity index (χ1n) is 8.60. The van der Waals surface area contributed by atoms with E-state index in [0.717, 1.165) is 23.7 Å². The monoisotopic (exact) mass is 401 g/mol. The van der Waals surface area contributed by atoms with E-state index in [9.17, 15) is 4.79 Å². The zero-order valence-electron chi connectivity index (χ0n) is 14.7. The molecule has 140 valence electrons. The second kappa shape index (κ2) is 9.94. The van der Waals surface area contributed by atoms with Crippen LogP contribution in [0.4, 0.5) is 5.69 Å². The van der Waals surface area contributed by atoms with Crippen molar-refractivity contribution in [2.24, 2.45) is 0 Å².